The van der Waals surface area contributed by atoms with Crippen LogP contribution in [0.4, 0.5) is 0 Å². The van der Waals surface area contributed by atoms with E-state index in [4.69, 9.17) is 14.2 Å². The minimum Gasteiger partial charge on any atom is -0.472 e. The maximum Gasteiger partial charge on any atom is 0.221 e. The minimum atomic E-state index is -2.48. The van der Waals surface area contributed by atoms with E-state index in [1.165, 1.54) is 6.26 Å². The largest absolute Gasteiger partial charge is 0.472 e. The van der Waals surface area contributed by atoms with Crippen LogP contribution in [0.2, 0.25) is 0 Å². The van der Waals surface area contributed by atoms with Crippen LogP contribution in [0.1, 0.15) is 19.8 Å². The van der Waals surface area contributed by atoms with Crippen LogP contribution in [-0.4, -0.2) is 79.5 Å². The van der Waals surface area contributed by atoms with Gasteiger partial charge in [-0.3, -0.25) is 0 Å². The maximum atomic E-state index is 10.5. The van der Waals surface area contributed by atoms with Crippen LogP contribution >= 0.6 is 0 Å². The fourth-order valence-corrected chi connectivity index (χ4v) is 3.73. The Morgan fingerprint density at radius 1 is 1.17 bits per heavy atom. The Balaban J connectivity index is 1.78. The van der Waals surface area contributed by atoms with Gasteiger partial charge in [0.15, 0.2) is 6.29 Å². The van der Waals surface area contributed by atoms with Gasteiger partial charge in [-0.15, -0.1) is 0 Å². The lowest BCUT2D eigenvalue weighted by Gasteiger charge is -2.46. The molecule has 9 nitrogen and oxygen atoms in total. The van der Waals surface area contributed by atoms with E-state index in [0.29, 0.717) is 6.42 Å². The van der Waals surface area contributed by atoms with Crippen molar-refractivity contribution in [2.75, 3.05) is 6.61 Å². The molecule has 0 unspecified atom stereocenters. The normalized spacial score (nSPS) is 54.4. The van der Waals surface area contributed by atoms with Gasteiger partial charge in [0.1, 0.15) is 18.3 Å². The van der Waals surface area contributed by atoms with Crippen molar-refractivity contribution in [2.24, 2.45) is 11.8 Å². The molecule has 0 amide bonds. The quantitative estimate of drug-likeness (QED) is 0.333. The molecule has 9 atom stereocenters. The molecule has 0 aromatic rings. The Morgan fingerprint density at radius 3 is 2.54 bits per heavy atom. The van der Waals surface area contributed by atoms with E-state index in [0.717, 1.165) is 6.42 Å². The summed E-state index contributed by atoms with van der Waals surface area (Å²) in [6.07, 6.45) is -3.37. The first kappa shape index (κ1) is 18.0. The van der Waals surface area contributed by atoms with Gasteiger partial charge in [-0.2, -0.15) is 0 Å². The molecule has 2 aliphatic heterocycles. The lowest BCUT2D eigenvalue weighted by Crippen LogP contribution is -2.67. The summed E-state index contributed by atoms with van der Waals surface area (Å²) >= 11 is 0. The van der Waals surface area contributed by atoms with Crippen molar-refractivity contribution in [3.63, 3.8) is 0 Å². The first-order valence-corrected chi connectivity index (χ1v) is 7.95. The van der Waals surface area contributed by atoms with Gasteiger partial charge in [0.05, 0.1) is 24.4 Å². The van der Waals surface area contributed by atoms with E-state index in [2.05, 4.69) is 0 Å². The molecule has 0 radical (unpaired) electrons. The van der Waals surface area contributed by atoms with Crippen molar-refractivity contribution in [3.05, 3.63) is 12.3 Å². The Hall–Kier alpha value is -0.780. The second-order valence-electron chi connectivity index (χ2n) is 6.97. The smallest absolute Gasteiger partial charge is 0.221 e. The molecule has 3 rings (SSSR count). The highest BCUT2D eigenvalue weighted by atomic mass is 16.8. The molecule has 6 N–H and O–H groups in total. The summed E-state index contributed by atoms with van der Waals surface area (Å²) in [7, 11) is 0. The highest BCUT2D eigenvalue weighted by Gasteiger charge is 2.56. The van der Waals surface area contributed by atoms with Crippen LogP contribution in [0, 0.1) is 11.8 Å². The molecule has 1 saturated carbocycles. The predicted octanol–water partition coefficient (Wildman–Crippen LogP) is -2.23. The molecular formula is C15H24O9. The van der Waals surface area contributed by atoms with Gasteiger partial charge < -0.3 is 44.8 Å². The molecule has 1 aliphatic carbocycles. The summed E-state index contributed by atoms with van der Waals surface area (Å²) in [4.78, 5) is 0. The van der Waals surface area contributed by atoms with Crippen LogP contribution in [-0.2, 0) is 14.2 Å². The van der Waals surface area contributed by atoms with Crippen LogP contribution in [0.5, 0.6) is 0 Å². The SMILES string of the molecule is C[C@]1(O)CC[C@H]2C=CO[C@H](O[C@H]3O[C@@](O)(CO)[C@@H](O)[C@H](O)[C@H]3O)[C@H]21. The molecule has 0 spiro atoms. The third kappa shape index (κ3) is 2.85. The van der Waals surface area contributed by atoms with Gasteiger partial charge in [-0.25, -0.2) is 0 Å². The van der Waals surface area contributed by atoms with E-state index < -0.39 is 54.8 Å². The molecule has 2 fully saturated rings. The number of hydrogen-bond acceptors (Lipinski definition) is 9. The number of aliphatic hydroxyl groups excluding tert-OH is 4. The molecule has 0 bridgehead atoms. The summed E-state index contributed by atoms with van der Waals surface area (Å²) < 4.78 is 16.0. The third-order valence-electron chi connectivity index (χ3n) is 5.22. The number of fused-ring (bicyclic) bond motifs is 1. The van der Waals surface area contributed by atoms with Crippen LogP contribution in [0.3, 0.4) is 0 Å². The van der Waals surface area contributed by atoms with Crippen molar-refractivity contribution in [3.8, 4) is 0 Å². The Morgan fingerprint density at radius 2 is 1.88 bits per heavy atom. The van der Waals surface area contributed by atoms with Crippen molar-refractivity contribution >= 4 is 0 Å². The molecule has 0 aromatic carbocycles. The number of hydrogen-bond donors (Lipinski definition) is 6. The van der Waals surface area contributed by atoms with Gasteiger partial charge in [0, 0.05) is 0 Å². The van der Waals surface area contributed by atoms with Crippen molar-refractivity contribution < 1.29 is 44.8 Å². The van der Waals surface area contributed by atoms with Gasteiger partial charge in [-0.05, 0) is 31.8 Å². The minimum absolute atomic E-state index is 0.0201. The first-order valence-electron chi connectivity index (χ1n) is 7.95. The molecule has 0 aromatic heterocycles. The average molecular weight is 348 g/mol. The summed E-state index contributed by atoms with van der Waals surface area (Å²) in [5, 5.41) is 59.4. The first-order chi connectivity index (χ1) is 11.2. The fourth-order valence-electron chi connectivity index (χ4n) is 3.73. The van der Waals surface area contributed by atoms with E-state index in [1.54, 1.807) is 6.92 Å². The van der Waals surface area contributed by atoms with E-state index in [1.807, 2.05) is 6.08 Å². The van der Waals surface area contributed by atoms with Gasteiger partial charge in [0.25, 0.3) is 0 Å². The van der Waals surface area contributed by atoms with Crippen molar-refractivity contribution in [1.82, 2.24) is 0 Å². The molecule has 24 heavy (non-hydrogen) atoms. The van der Waals surface area contributed by atoms with Crippen molar-refractivity contribution in [1.29, 1.82) is 0 Å². The zero-order valence-electron chi connectivity index (χ0n) is 13.2. The van der Waals surface area contributed by atoms with Gasteiger partial charge in [-0.1, -0.05) is 0 Å². The standard InChI is InChI=1S/C15H24O9/c1-14(20)4-2-7-3-5-22-12(8(7)14)23-13-10(18)9(17)11(19)15(21,6-16)24-13/h3,5,7-13,16-21H,2,4,6H2,1H3/t7-,8-,9+,10+,11-,12+,13-,14-,15-/m0/s1. The Bertz CT molecular complexity index is 495. The van der Waals surface area contributed by atoms with Crippen LogP contribution in [0.25, 0.3) is 0 Å². The zero-order valence-corrected chi connectivity index (χ0v) is 13.2. The Kier molecular flexibility index (Phi) is 4.65. The number of aliphatic hydroxyl groups is 6. The predicted molar refractivity (Wildman–Crippen MR) is 76.9 cm³/mol. The Labute approximate surface area is 138 Å². The number of allylic oxidation sites excluding steroid dienone is 1. The average Bonchev–Trinajstić information content (AvgIpc) is 2.87. The van der Waals surface area contributed by atoms with Gasteiger partial charge in [0.2, 0.25) is 12.1 Å². The summed E-state index contributed by atoms with van der Waals surface area (Å²) in [5.74, 6) is -2.89. The molecule has 3 aliphatic rings. The van der Waals surface area contributed by atoms with Crippen molar-refractivity contribution in [2.45, 2.75) is 62.0 Å². The van der Waals surface area contributed by atoms with Crippen LogP contribution < -0.4 is 0 Å². The summed E-state index contributed by atoms with van der Waals surface area (Å²) in [6, 6.07) is 0. The molecule has 9 heteroatoms. The highest BCUT2D eigenvalue weighted by molar-refractivity contribution is 5.06. The van der Waals surface area contributed by atoms with E-state index >= 15 is 0 Å². The monoisotopic (exact) mass is 348 g/mol. The van der Waals surface area contributed by atoms with Gasteiger partial charge >= 0.3 is 0 Å². The second-order valence-corrected chi connectivity index (χ2v) is 6.97. The summed E-state index contributed by atoms with van der Waals surface area (Å²) in [5.41, 5.74) is -1.05. The van der Waals surface area contributed by atoms with E-state index in [-0.39, 0.29) is 5.92 Å². The zero-order chi connectivity index (χ0) is 17.7. The fraction of sp³-hybridized carbons (Fsp3) is 0.867. The third-order valence-corrected chi connectivity index (χ3v) is 5.22. The second kappa shape index (κ2) is 6.19. The highest BCUT2D eigenvalue weighted by Crippen LogP contribution is 2.46. The topological polar surface area (TPSA) is 149 Å². The lowest BCUT2D eigenvalue weighted by atomic mass is 9.85. The number of ether oxygens (including phenoxy) is 3. The maximum absolute atomic E-state index is 10.5. The van der Waals surface area contributed by atoms with E-state index in [9.17, 15) is 30.6 Å². The summed E-state index contributed by atoms with van der Waals surface area (Å²) in [6.45, 7) is 0.657. The lowest BCUT2D eigenvalue weighted by molar-refractivity contribution is -0.417. The molecular weight excluding hydrogens is 324 g/mol. The molecule has 1 saturated heterocycles. The van der Waals surface area contributed by atoms with Crippen LogP contribution in [0.15, 0.2) is 12.3 Å². The molecule has 2 heterocycles. The number of rotatable bonds is 3. The molecule has 138 valence electrons.